The first-order valence-electron chi connectivity index (χ1n) is 8.50. The molecule has 2 rings (SSSR count). The van der Waals surface area contributed by atoms with Gasteiger partial charge in [-0.3, -0.25) is 9.69 Å². The minimum Gasteiger partial charge on any atom is -0.379 e. The van der Waals surface area contributed by atoms with E-state index in [9.17, 15) is 13.2 Å². The maximum absolute atomic E-state index is 12.4. The van der Waals surface area contributed by atoms with Gasteiger partial charge >= 0.3 is 0 Å². The molecule has 1 atom stereocenters. The summed E-state index contributed by atoms with van der Waals surface area (Å²) in [6.45, 7) is 8.98. The van der Waals surface area contributed by atoms with Crippen molar-refractivity contribution in [3.05, 3.63) is 29.3 Å². The molecule has 1 aliphatic rings. The molecule has 1 aromatic carbocycles. The summed E-state index contributed by atoms with van der Waals surface area (Å²) in [5.74, 6) is -0.371. The number of benzene rings is 1. The first-order valence-corrected chi connectivity index (χ1v) is 10.4. The molecule has 2 N–H and O–H groups in total. The average molecular weight is 404 g/mol. The predicted octanol–water partition coefficient (Wildman–Crippen LogP) is 1.23. The Morgan fingerprint density at radius 3 is 2.42 bits per heavy atom. The highest BCUT2D eigenvalue weighted by atomic mass is 35.5. The number of hydrogen-bond donors (Lipinski definition) is 2. The Morgan fingerprint density at radius 1 is 1.27 bits per heavy atom. The highest BCUT2D eigenvalue weighted by Gasteiger charge is 2.30. The van der Waals surface area contributed by atoms with Crippen LogP contribution in [0.5, 0.6) is 0 Å². The van der Waals surface area contributed by atoms with Crippen LogP contribution in [0.2, 0.25) is 5.02 Å². The van der Waals surface area contributed by atoms with Crippen LogP contribution in [0.25, 0.3) is 0 Å². The Hall–Kier alpha value is -1.19. The number of carbonyl (C=O) groups is 1. The Labute approximate surface area is 160 Å². The summed E-state index contributed by atoms with van der Waals surface area (Å²) in [6.07, 6.45) is 0. The van der Waals surface area contributed by atoms with Crippen molar-refractivity contribution in [3.8, 4) is 0 Å². The molecule has 7 nitrogen and oxygen atoms in total. The molecule has 1 fully saturated rings. The molecule has 1 unspecified atom stereocenters. The number of hydrogen-bond acceptors (Lipinski definition) is 5. The molecule has 0 saturated carbocycles. The third-order valence-corrected chi connectivity index (χ3v) is 6.22. The smallest absolute Gasteiger partial charge is 0.241 e. The molecule has 0 bridgehead atoms. The number of carbonyl (C=O) groups excluding carboxylic acids is 1. The van der Waals surface area contributed by atoms with Gasteiger partial charge in [0, 0.05) is 30.2 Å². The third-order valence-electron chi connectivity index (χ3n) is 4.41. The molecule has 9 heteroatoms. The van der Waals surface area contributed by atoms with E-state index in [4.69, 9.17) is 16.3 Å². The summed E-state index contributed by atoms with van der Waals surface area (Å²) in [5.41, 5.74) is -0.242. The lowest BCUT2D eigenvalue weighted by molar-refractivity contribution is -0.123. The van der Waals surface area contributed by atoms with E-state index in [0.29, 0.717) is 24.8 Å². The van der Waals surface area contributed by atoms with Crippen molar-refractivity contribution in [3.63, 3.8) is 0 Å². The van der Waals surface area contributed by atoms with E-state index in [2.05, 4.69) is 14.9 Å². The minimum absolute atomic E-state index is 0.0650. The molecule has 0 aromatic heterocycles. The molecule has 1 amide bonds. The predicted molar refractivity (Wildman–Crippen MR) is 101 cm³/mol. The number of halogens is 1. The fourth-order valence-electron chi connectivity index (χ4n) is 2.71. The van der Waals surface area contributed by atoms with Gasteiger partial charge in [-0.05, 0) is 45.0 Å². The van der Waals surface area contributed by atoms with Gasteiger partial charge in [-0.2, -0.15) is 4.72 Å². The van der Waals surface area contributed by atoms with Gasteiger partial charge in [0.05, 0.1) is 24.2 Å². The SMILES string of the molecule is CC(NS(=O)(=O)c1ccc(Cl)cc1)C(=O)NCC(C)(C)N1CCOCC1. The second kappa shape index (κ2) is 8.67. The Balaban J connectivity index is 1.91. The van der Waals surface area contributed by atoms with Gasteiger partial charge in [0.15, 0.2) is 0 Å². The van der Waals surface area contributed by atoms with Crippen LogP contribution in [0, 0.1) is 0 Å². The van der Waals surface area contributed by atoms with E-state index in [0.717, 1.165) is 13.1 Å². The fraction of sp³-hybridized carbons (Fsp3) is 0.588. The van der Waals surface area contributed by atoms with Crippen LogP contribution in [-0.2, 0) is 19.6 Å². The van der Waals surface area contributed by atoms with E-state index in [1.807, 2.05) is 13.8 Å². The Kier molecular flexibility index (Phi) is 7.04. The molecular formula is C17H26ClN3O4S. The maximum atomic E-state index is 12.4. The van der Waals surface area contributed by atoms with Crippen LogP contribution < -0.4 is 10.0 Å². The monoisotopic (exact) mass is 403 g/mol. The van der Waals surface area contributed by atoms with E-state index < -0.39 is 16.1 Å². The van der Waals surface area contributed by atoms with Crippen molar-refractivity contribution in [1.29, 1.82) is 0 Å². The van der Waals surface area contributed by atoms with Gasteiger partial charge in [0.1, 0.15) is 0 Å². The zero-order chi connectivity index (χ0) is 19.4. The summed E-state index contributed by atoms with van der Waals surface area (Å²) >= 11 is 5.77. The first kappa shape index (κ1) is 21.1. The first-order chi connectivity index (χ1) is 12.1. The fourth-order valence-corrected chi connectivity index (χ4v) is 4.03. The van der Waals surface area contributed by atoms with Crippen molar-refractivity contribution in [2.24, 2.45) is 0 Å². The van der Waals surface area contributed by atoms with Gasteiger partial charge < -0.3 is 10.1 Å². The summed E-state index contributed by atoms with van der Waals surface area (Å²) in [6, 6.07) is 4.89. The van der Waals surface area contributed by atoms with E-state index >= 15 is 0 Å². The van der Waals surface area contributed by atoms with Gasteiger partial charge in [-0.15, -0.1) is 0 Å². The molecule has 0 spiro atoms. The second-order valence-corrected chi connectivity index (χ2v) is 9.08. The summed E-state index contributed by atoms with van der Waals surface area (Å²) < 4.78 is 32.4. The molecular weight excluding hydrogens is 378 g/mol. The molecule has 0 radical (unpaired) electrons. The number of rotatable bonds is 7. The highest BCUT2D eigenvalue weighted by molar-refractivity contribution is 7.89. The van der Waals surface area contributed by atoms with Crippen LogP contribution in [0.3, 0.4) is 0 Å². The maximum Gasteiger partial charge on any atom is 0.241 e. The Morgan fingerprint density at radius 2 is 1.85 bits per heavy atom. The molecule has 1 heterocycles. The van der Waals surface area contributed by atoms with Crippen LogP contribution in [0.15, 0.2) is 29.2 Å². The largest absolute Gasteiger partial charge is 0.379 e. The van der Waals surface area contributed by atoms with Crippen molar-refractivity contribution in [2.75, 3.05) is 32.8 Å². The number of sulfonamides is 1. The number of amides is 1. The molecule has 146 valence electrons. The second-order valence-electron chi connectivity index (χ2n) is 6.93. The lowest BCUT2D eigenvalue weighted by atomic mass is 10.0. The van der Waals surface area contributed by atoms with E-state index in [-0.39, 0.29) is 16.3 Å². The number of nitrogens with zero attached hydrogens (tertiary/aromatic N) is 1. The van der Waals surface area contributed by atoms with E-state index in [1.165, 1.54) is 31.2 Å². The molecule has 1 aromatic rings. The van der Waals surface area contributed by atoms with Gasteiger partial charge in [-0.1, -0.05) is 11.6 Å². The van der Waals surface area contributed by atoms with Crippen molar-refractivity contribution < 1.29 is 17.9 Å². The lowest BCUT2D eigenvalue weighted by Gasteiger charge is -2.41. The van der Waals surface area contributed by atoms with Crippen LogP contribution >= 0.6 is 11.6 Å². The van der Waals surface area contributed by atoms with Gasteiger partial charge in [0.2, 0.25) is 15.9 Å². The summed E-state index contributed by atoms with van der Waals surface area (Å²) in [7, 11) is -3.79. The lowest BCUT2D eigenvalue weighted by Crippen LogP contribution is -2.57. The van der Waals surface area contributed by atoms with Crippen LogP contribution in [0.4, 0.5) is 0 Å². The molecule has 1 saturated heterocycles. The summed E-state index contributed by atoms with van der Waals surface area (Å²) in [4.78, 5) is 14.6. The number of nitrogens with one attached hydrogen (secondary N) is 2. The standard InChI is InChI=1S/C17H26ClN3O4S/c1-13(20-26(23,24)15-6-4-14(18)5-7-15)16(22)19-12-17(2,3)21-8-10-25-11-9-21/h4-7,13,20H,8-12H2,1-3H3,(H,19,22). The molecule has 0 aliphatic carbocycles. The van der Waals surface area contributed by atoms with Gasteiger partial charge in [-0.25, -0.2) is 8.42 Å². The van der Waals surface area contributed by atoms with Crippen LogP contribution in [-0.4, -0.2) is 63.7 Å². The zero-order valence-corrected chi connectivity index (χ0v) is 16.9. The number of morpholine rings is 1. The molecule has 26 heavy (non-hydrogen) atoms. The zero-order valence-electron chi connectivity index (χ0n) is 15.3. The third kappa shape index (κ3) is 5.65. The summed E-state index contributed by atoms with van der Waals surface area (Å²) in [5, 5.41) is 3.28. The van der Waals surface area contributed by atoms with Crippen molar-refractivity contribution >= 4 is 27.5 Å². The highest BCUT2D eigenvalue weighted by Crippen LogP contribution is 2.16. The quantitative estimate of drug-likeness (QED) is 0.715. The topological polar surface area (TPSA) is 87.7 Å². The van der Waals surface area contributed by atoms with Crippen LogP contribution in [0.1, 0.15) is 20.8 Å². The number of ether oxygens (including phenoxy) is 1. The van der Waals surface area contributed by atoms with Crippen molar-refractivity contribution in [1.82, 2.24) is 14.9 Å². The average Bonchev–Trinajstić information content (AvgIpc) is 2.60. The molecule has 1 aliphatic heterocycles. The Bertz CT molecular complexity index is 716. The minimum atomic E-state index is -3.79. The normalized spacial score (nSPS) is 17.7. The van der Waals surface area contributed by atoms with Crippen molar-refractivity contribution in [2.45, 2.75) is 37.2 Å². The van der Waals surface area contributed by atoms with Gasteiger partial charge in [0.25, 0.3) is 0 Å². The van der Waals surface area contributed by atoms with E-state index in [1.54, 1.807) is 0 Å².